The lowest BCUT2D eigenvalue weighted by Crippen LogP contribution is -2.25. The Bertz CT molecular complexity index is 644. The zero-order valence-electron chi connectivity index (χ0n) is 14.4. The molecule has 1 aromatic carbocycles. The summed E-state index contributed by atoms with van der Waals surface area (Å²) in [4.78, 5) is 23.6. The topological polar surface area (TPSA) is 89.0 Å². The zero-order valence-corrected chi connectivity index (χ0v) is 15.2. The van der Waals surface area contributed by atoms with Crippen molar-refractivity contribution in [1.29, 1.82) is 0 Å². The van der Waals surface area contributed by atoms with Crippen LogP contribution in [0.15, 0.2) is 17.2 Å². The van der Waals surface area contributed by atoms with Crippen molar-refractivity contribution in [3.8, 4) is 11.5 Å². The molecule has 2 N–H and O–H groups in total. The highest BCUT2D eigenvalue weighted by Crippen LogP contribution is 2.35. The van der Waals surface area contributed by atoms with Crippen molar-refractivity contribution in [2.45, 2.75) is 27.2 Å². The Labute approximate surface area is 146 Å². The van der Waals surface area contributed by atoms with E-state index in [2.05, 4.69) is 15.8 Å². The Morgan fingerprint density at radius 2 is 1.83 bits per heavy atom. The number of rotatable bonds is 7. The van der Waals surface area contributed by atoms with E-state index in [9.17, 15) is 9.59 Å². The van der Waals surface area contributed by atoms with E-state index in [1.54, 1.807) is 32.9 Å². The van der Waals surface area contributed by atoms with E-state index < -0.39 is 0 Å². The van der Waals surface area contributed by atoms with Gasteiger partial charge in [0.25, 0.3) is 0 Å². The van der Waals surface area contributed by atoms with E-state index in [-0.39, 0.29) is 24.2 Å². The fourth-order valence-electron chi connectivity index (χ4n) is 1.70. The molecular formula is C16H22ClN3O4. The molecule has 8 heteroatoms. The molecule has 0 aliphatic rings. The summed E-state index contributed by atoms with van der Waals surface area (Å²) in [5.41, 5.74) is 3.31. The van der Waals surface area contributed by atoms with E-state index in [4.69, 9.17) is 21.1 Å². The van der Waals surface area contributed by atoms with Gasteiger partial charge in [-0.3, -0.25) is 9.59 Å². The first-order valence-corrected chi connectivity index (χ1v) is 7.70. The maximum Gasteiger partial charge on any atom is 0.242 e. The van der Waals surface area contributed by atoms with Crippen LogP contribution in [0.1, 0.15) is 27.2 Å². The van der Waals surface area contributed by atoms with Crippen LogP contribution in [-0.4, -0.2) is 31.7 Å². The monoisotopic (exact) mass is 355 g/mol. The number of benzene rings is 1. The maximum absolute atomic E-state index is 12.1. The molecule has 0 aromatic heterocycles. The van der Waals surface area contributed by atoms with Gasteiger partial charge in [0.1, 0.15) is 11.5 Å². The second kappa shape index (κ2) is 9.12. The van der Waals surface area contributed by atoms with Gasteiger partial charge < -0.3 is 14.8 Å². The van der Waals surface area contributed by atoms with Crippen molar-refractivity contribution in [3.05, 3.63) is 17.2 Å². The van der Waals surface area contributed by atoms with Crippen LogP contribution in [0.3, 0.4) is 0 Å². The van der Waals surface area contributed by atoms with Crippen molar-refractivity contribution in [3.63, 3.8) is 0 Å². The summed E-state index contributed by atoms with van der Waals surface area (Å²) >= 11 is 6.02. The number of halogens is 1. The summed E-state index contributed by atoms with van der Waals surface area (Å²) in [6.07, 6.45) is 0.0203. The second-order valence-electron chi connectivity index (χ2n) is 5.39. The van der Waals surface area contributed by atoms with Crippen LogP contribution in [-0.2, 0) is 9.59 Å². The third-order valence-corrected chi connectivity index (χ3v) is 3.34. The number of hydrazone groups is 1. The van der Waals surface area contributed by atoms with Crippen molar-refractivity contribution < 1.29 is 19.1 Å². The van der Waals surface area contributed by atoms with Gasteiger partial charge in [-0.2, -0.15) is 5.10 Å². The van der Waals surface area contributed by atoms with Gasteiger partial charge in [-0.15, -0.1) is 0 Å². The van der Waals surface area contributed by atoms with Crippen LogP contribution in [0, 0.1) is 5.92 Å². The van der Waals surface area contributed by atoms with E-state index in [1.807, 2.05) is 0 Å². The Morgan fingerprint density at radius 3 is 2.38 bits per heavy atom. The first-order valence-electron chi connectivity index (χ1n) is 7.32. The summed E-state index contributed by atoms with van der Waals surface area (Å²) in [5, 5.41) is 6.98. The molecule has 7 nitrogen and oxygen atoms in total. The smallest absolute Gasteiger partial charge is 0.242 e. The number of amides is 2. The van der Waals surface area contributed by atoms with E-state index in [1.165, 1.54) is 14.2 Å². The summed E-state index contributed by atoms with van der Waals surface area (Å²) in [5.74, 6) is 0.136. The minimum absolute atomic E-state index is 0.0203. The predicted molar refractivity (Wildman–Crippen MR) is 93.9 cm³/mol. The SMILES string of the molecule is COc1cc(NC(=O)C/C(C)=N\NC(=O)C(C)C)c(OC)cc1Cl. The molecule has 0 aliphatic heterocycles. The fraction of sp³-hybridized carbons (Fsp3) is 0.438. The van der Waals surface area contributed by atoms with Gasteiger partial charge in [0.05, 0.1) is 31.4 Å². The maximum atomic E-state index is 12.1. The number of methoxy groups -OCH3 is 2. The average molecular weight is 356 g/mol. The van der Waals surface area contributed by atoms with E-state index in [0.717, 1.165) is 0 Å². The van der Waals surface area contributed by atoms with Crippen LogP contribution in [0.4, 0.5) is 5.69 Å². The second-order valence-corrected chi connectivity index (χ2v) is 5.80. The molecule has 0 bridgehead atoms. The van der Waals surface area contributed by atoms with Crippen molar-refractivity contribution >= 4 is 34.8 Å². The Kier molecular flexibility index (Phi) is 7.51. The molecule has 24 heavy (non-hydrogen) atoms. The Morgan fingerprint density at radius 1 is 1.21 bits per heavy atom. The zero-order chi connectivity index (χ0) is 18.3. The van der Waals surface area contributed by atoms with Crippen molar-refractivity contribution in [2.24, 2.45) is 11.0 Å². The van der Waals surface area contributed by atoms with Gasteiger partial charge in [-0.05, 0) is 6.92 Å². The Hall–Kier alpha value is -2.28. The van der Waals surface area contributed by atoms with Crippen molar-refractivity contribution in [1.82, 2.24) is 5.43 Å². The molecule has 0 radical (unpaired) electrons. The lowest BCUT2D eigenvalue weighted by molar-refractivity contribution is -0.124. The van der Waals surface area contributed by atoms with Gasteiger partial charge in [-0.25, -0.2) is 5.43 Å². The highest BCUT2D eigenvalue weighted by atomic mass is 35.5. The van der Waals surface area contributed by atoms with Crippen LogP contribution in [0.25, 0.3) is 0 Å². The highest BCUT2D eigenvalue weighted by molar-refractivity contribution is 6.32. The van der Waals surface area contributed by atoms with Crippen LogP contribution in [0.2, 0.25) is 5.02 Å². The lowest BCUT2D eigenvalue weighted by atomic mass is 10.2. The average Bonchev–Trinajstić information content (AvgIpc) is 2.53. The third-order valence-electron chi connectivity index (χ3n) is 3.05. The molecule has 1 aromatic rings. The molecule has 1 rings (SSSR count). The van der Waals surface area contributed by atoms with Crippen LogP contribution >= 0.6 is 11.6 Å². The third kappa shape index (κ3) is 5.73. The number of nitrogens with one attached hydrogen (secondary N) is 2. The van der Waals surface area contributed by atoms with E-state index in [0.29, 0.717) is 27.9 Å². The number of carbonyl (C=O) groups excluding carboxylic acids is 2. The number of nitrogens with zero attached hydrogens (tertiary/aromatic N) is 1. The van der Waals surface area contributed by atoms with Crippen LogP contribution < -0.4 is 20.2 Å². The number of hydrogen-bond donors (Lipinski definition) is 2. The molecule has 0 unspecified atom stereocenters. The van der Waals surface area contributed by atoms with Gasteiger partial charge in [0.15, 0.2) is 0 Å². The molecule has 0 aliphatic carbocycles. The predicted octanol–water partition coefficient (Wildman–Crippen LogP) is 2.83. The van der Waals surface area contributed by atoms with Gasteiger partial charge >= 0.3 is 0 Å². The lowest BCUT2D eigenvalue weighted by Gasteiger charge is -2.13. The van der Waals surface area contributed by atoms with E-state index >= 15 is 0 Å². The van der Waals surface area contributed by atoms with Gasteiger partial charge in [-0.1, -0.05) is 25.4 Å². The summed E-state index contributed by atoms with van der Waals surface area (Å²) in [6.45, 7) is 5.17. The first-order chi connectivity index (χ1) is 11.3. The summed E-state index contributed by atoms with van der Waals surface area (Å²) in [6, 6.07) is 3.13. The van der Waals surface area contributed by atoms with Crippen LogP contribution in [0.5, 0.6) is 11.5 Å². The highest BCUT2D eigenvalue weighted by Gasteiger charge is 2.13. The molecule has 0 saturated heterocycles. The normalized spacial score (nSPS) is 11.2. The van der Waals surface area contributed by atoms with Gasteiger partial charge in [0, 0.05) is 23.8 Å². The first kappa shape index (κ1) is 19.8. The standard InChI is InChI=1S/C16H22ClN3O4/c1-9(2)16(22)20-19-10(3)6-15(21)18-12-8-13(23-4)11(17)7-14(12)24-5/h7-9H,6H2,1-5H3,(H,18,21)(H,20,22)/b19-10-. The van der Waals surface area contributed by atoms with Crippen molar-refractivity contribution in [2.75, 3.05) is 19.5 Å². The quantitative estimate of drug-likeness (QED) is 0.581. The fourth-order valence-corrected chi connectivity index (χ4v) is 1.93. The molecule has 0 atom stereocenters. The number of carbonyl (C=O) groups is 2. The molecule has 0 saturated carbocycles. The minimum Gasteiger partial charge on any atom is -0.495 e. The minimum atomic E-state index is -0.308. The molecule has 0 fully saturated rings. The number of hydrogen-bond acceptors (Lipinski definition) is 5. The Balaban J connectivity index is 2.77. The molecule has 0 heterocycles. The number of ether oxygens (including phenoxy) is 2. The molecule has 132 valence electrons. The summed E-state index contributed by atoms with van der Waals surface area (Å²) < 4.78 is 10.3. The summed E-state index contributed by atoms with van der Waals surface area (Å²) in [7, 11) is 2.95. The molecule has 0 spiro atoms. The van der Waals surface area contributed by atoms with Gasteiger partial charge in [0.2, 0.25) is 11.8 Å². The molecule has 2 amide bonds. The molecular weight excluding hydrogens is 334 g/mol. The largest absolute Gasteiger partial charge is 0.495 e. The number of anilines is 1.